The molecule has 282 valence electrons. The van der Waals surface area contributed by atoms with Gasteiger partial charge in [0, 0.05) is 55.0 Å². The molecule has 0 aromatic heterocycles. The molecule has 0 spiro atoms. The van der Waals surface area contributed by atoms with Crippen molar-refractivity contribution in [3.8, 4) is 11.5 Å². The van der Waals surface area contributed by atoms with Crippen molar-refractivity contribution < 1.29 is 30.6 Å². The molecule has 1 aliphatic rings. The molecule has 0 radical (unpaired) electrons. The third kappa shape index (κ3) is 13.1. The Morgan fingerprint density at radius 2 is 0.882 bits per heavy atom. The van der Waals surface area contributed by atoms with Gasteiger partial charge in [0.25, 0.3) is 0 Å². The highest BCUT2D eigenvalue weighted by Gasteiger charge is 2.19. The summed E-state index contributed by atoms with van der Waals surface area (Å²) in [5, 5.41) is 66.9. The van der Waals surface area contributed by atoms with Gasteiger partial charge in [0.1, 0.15) is 11.5 Å². The Morgan fingerprint density at radius 3 is 1.25 bits per heavy atom. The molecule has 3 aromatic carbocycles. The van der Waals surface area contributed by atoms with E-state index >= 15 is 0 Å². The Morgan fingerprint density at radius 1 is 0.529 bits per heavy atom. The summed E-state index contributed by atoms with van der Waals surface area (Å²) in [4.78, 5) is 7.40. The molecule has 0 saturated carbocycles. The highest BCUT2D eigenvalue weighted by Crippen LogP contribution is 2.28. The molecule has 0 atom stereocenters. The first-order chi connectivity index (χ1) is 24.7. The van der Waals surface area contributed by atoms with Crippen LogP contribution in [0.25, 0.3) is 0 Å². The number of benzene rings is 3. The van der Waals surface area contributed by atoms with Gasteiger partial charge in [-0.25, -0.2) is 0 Å². The third-order valence-corrected chi connectivity index (χ3v) is 9.75. The number of hydrogen-bond donors (Lipinski definition) is 8. The van der Waals surface area contributed by atoms with Crippen molar-refractivity contribution in [3.05, 3.63) is 93.5 Å². The van der Waals surface area contributed by atoms with Crippen LogP contribution in [0, 0.1) is 13.8 Å². The second kappa shape index (κ2) is 21.4. The molecule has 1 saturated heterocycles. The van der Waals surface area contributed by atoms with Crippen molar-refractivity contribution in [3.63, 3.8) is 0 Å². The van der Waals surface area contributed by atoms with Crippen LogP contribution < -0.4 is 10.6 Å². The number of aliphatic hydroxyl groups excluding tert-OH is 4. The van der Waals surface area contributed by atoms with E-state index in [2.05, 4.69) is 67.8 Å². The number of rotatable bonds is 16. The smallest absolute Gasteiger partial charge is 0.124 e. The monoisotopic (exact) mass is 707 g/mol. The van der Waals surface area contributed by atoms with E-state index < -0.39 is 12.1 Å². The third-order valence-electron chi connectivity index (χ3n) is 9.75. The van der Waals surface area contributed by atoms with Crippen LogP contribution in [0.2, 0.25) is 0 Å². The van der Waals surface area contributed by atoms with Gasteiger partial charge in [-0.1, -0.05) is 65.7 Å². The summed E-state index contributed by atoms with van der Waals surface area (Å²) in [6.45, 7) is 11.5. The lowest BCUT2D eigenvalue weighted by atomic mass is 10.0. The zero-order valence-corrected chi connectivity index (χ0v) is 30.6. The van der Waals surface area contributed by atoms with E-state index in [1.165, 1.54) is 5.56 Å². The molecule has 0 unspecified atom stereocenters. The van der Waals surface area contributed by atoms with E-state index in [0.717, 1.165) is 98.5 Å². The Bertz CT molecular complexity index is 1370. The molecule has 1 heterocycles. The molecule has 11 heteroatoms. The largest absolute Gasteiger partial charge is 0.507 e. The summed E-state index contributed by atoms with van der Waals surface area (Å²) in [7, 11) is 0. The van der Waals surface area contributed by atoms with E-state index in [1.54, 1.807) is 0 Å². The van der Waals surface area contributed by atoms with E-state index in [1.807, 2.05) is 26.0 Å². The molecule has 1 aliphatic heterocycles. The zero-order valence-electron chi connectivity index (χ0n) is 30.6. The van der Waals surface area contributed by atoms with E-state index in [0.29, 0.717) is 26.2 Å². The SMILES string of the molecule is Cc1cc(CNC(CO)CO)c(O)c(CN2CCCN(Cc3ccccc3)CCCN(Cc3cc(C)cc(CNC(CO)CO)c3O)CCC2)c1. The molecular weight excluding hydrogens is 646 g/mol. The van der Waals surface area contributed by atoms with Crippen LogP contribution >= 0.6 is 0 Å². The van der Waals surface area contributed by atoms with Crippen LogP contribution in [-0.2, 0) is 32.7 Å². The van der Waals surface area contributed by atoms with Gasteiger partial charge in [-0.15, -0.1) is 0 Å². The molecule has 0 aliphatic carbocycles. The molecule has 51 heavy (non-hydrogen) atoms. The predicted molar refractivity (Wildman–Crippen MR) is 201 cm³/mol. The van der Waals surface area contributed by atoms with Gasteiger partial charge in [0.05, 0.1) is 38.5 Å². The molecule has 8 N–H and O–H groups in total. The average molecular weight is 708 g/mol. The van der Waals surface area contributed by atoms with Gasteiger partial charge in [-0.2, -0.15) is 0 Å². The van der Waals surface area contributed by atoms with Crippen molar-refractivity contribution >= 4 is 0 Å². The number of phenolic OH excluding ortho intramolecular Hbond substituents is 2. The number of aliphatic hydroxyl groups is 4. The highest BCUT2D eigenvalue weighted by atomic mass is 16.3. The summed E-state index contributed by atoms with van der Waals surface area (Å²) in [6.07, 6.45) is 2.94. The first kappa shape index (κ1) is 40.7. The summed E-state index contributed by atoms with van der Waals surface area (Å²) in [5.74, 6) is 0.511. The fraction of sp³-hybridized carbons (Fsp3) is 0.550. The molecule has 1 fully saturated rings. The summed E-state index contributed by atoms with van der Waals surface area (Å²) >= 11 is 0. The van der Waals surface area contributed by atoms with Crippen molar-refractivity contribution in [2.45, 2.75) is 77.9 Å². The molecule has 3 aromatic rings. The summed E-state index contributed by atoms with van der Waals surface area (Å²) in [6, 6.07) is 17.7. The number of phenols is 2. The van der Waals surface area contributed by atoms with Crippen LogP contribution in [0.15, 0.2) is 54.6 Å². The van der Waals surface area contributed by atoms with E-state index in [4.69, 9.17) is 0 Å². The highest BCUT2D eigenvalue weighted by molar-refractivity contribution is 5.44. The molecule has 0 amide bonds. The second-order valence-corrected chi connectivity index (χ2v) is 14.1. The first-order valence-corrected chi connectivity index (χ1v) is 18.5. The van der Waals surface area contributed by atoms with Crippen LogP contribution in [-0.4, -0.2) is 123 Å². The van der Waals surface area contributed by atoms with Crippen molar-refractivity contribution in [1.82, 2.24) is 25.3 Å². The van der Waals surface area contributed by atoms with E-state index in [-0.39, 0.29) is 37.9 Å². The summed E-state index contributed by atoms with van der Waals surface area (Å²) in [5.41, 5.74) is 6.64. The van der Waals surface area contributed by atoms with Crippen LogP contribution in [0.3, 0.4) is 0 Å². The summed E-state index contributed by atoms with van der Waals surface area (Å²) < 4.78 is 0. The Hall–Kier alpha value is -3.10. The Balaban J connectivity index is 1.52. The number of aryl methyl sites for hydroxylation is 2. The van der Waals surface area contributed by atoms with Crippen molar-refractivity contribution in [1.29, 1.82) is 0 Å². The Labute approximate surface area is 304 Å². The van der Waals surface area contributed by atoms with Gasteiger partial charge in [-0.3, -0.25) is 14.7 Å². The average Bonchev–Trinajstić information content (AvgIpc) is 3.12. The lowest BCUT2D eigenvalue weighted by Crippen LogP contribution is -2.36. The van der Waals surface area contributed by atoms with Gasteiger partial charge in [0.15, 0.2) is 0 Å². The zero-order chi connectivity index (χ0) is 36.6. The van der Waals surface area contributed by atoms with Crippen LogP contribution in [0.5, 0.6) is 11.5 Å². The normalized spacial score (nSPS) is 16.1. The fourth-order valence-corrected chi connectivity index (χ4v) is 6.95. The number of nitrogens with one attached hydrogen (secondary N) is 2. The minimum absolute atomic E-state index is 0.181. The molecule has 4 rings (SSSR count). The molecule has 11 nitrogen and oxygen atoms in total. The Kier molecular flexibility index (Phi) is 17.1. The van der Waals surface area contributed by atoms with Crippen molar-refractivity contribution in [2.75, 3.05) is 65.7 Å². The maximum Gasteiger partial charge on any atom is 0.124 e. The van der Waals surface area contributed by atoms with E-state index in [9.17, 15) is 30.6 Å². The second-order valence-electron chi connectivity index (χ2n) is 14.1. The van der Waals surface area contributed by atoms with Gasteiger partial charge in [-0.05, 0) is 77.9 Å². The quantitative estimate of drug-likeness (QED) is 0.111. The lowest BCUT2D eigenvalue weighted by Gasteiger charge is -2.31. The first-order valence-electron chi connectivity index (χ1n) is 18.5. The fourth-order valence-electron chi connectivity index (χ4n) is 6.95. The van der Waals surface area contributed by atoms with Crippen LogP contribution in [0.4, 0.5) is 0 Å². The number of hydrogen-bond acceptors (Lipinski definition) is 11. The van der Waals surface area contributed by atoms with Crippen molar-refractivity contribution in [2.24, 2.45) is 0 Å². The number of aromatic hydroxyl groups is 2. The lowest BCUT2D eigenvalue weighted by molar-refractivity contribution is 0.169. The number of nitrogens with zero attached hydrogens (tertiary/aromatic N) is 3. The maximum atomic E-state index is 11.3. The molecular formula is C40H61N5O6. The standard InChI is InChI=1S/C40H61N5O6/c1-30-17-33(21-41-37(26-46)27-47)39(50)35(19-30)24-44-13-6-11-43(23-32-9-4-3-5-10-32)12-7-14-45(16-8-15-44)25-36-20-31(2)18-34(40(36)51)22-42-38(28-48)29-49/h3-5,9-10,17-20,37-38,41-42,46-51H,6-8,11-16,21-29H2,1-2H3. The van der Waals surface area contributed by atoms with Crippen LogP contribution in [0.1, 0.15) is 58.2 Å². The van der Waals surface area contributed by atoms with Gasteiger partial charge < -0.3 is 41.3 Å². The van der Waals surface area contributed by atoms with Gasteiger partial charge in [0.2, 0.25) is 0 Å². The maximum absolute atomic E-state index is 11.3. The molecule has 0 bridgehead atoms. The predicted octanol–water partition coefficient (Wildman–Crippen LogP) is 2.59. The minimum atomic E-state index is -0.444. The topological polar surface area (TPSA) is 155 Å². The van der Waals surface area contributed by atoms with Gasteiger partial charge >= 0.3 is 0 Å². The minimum Gasteiger partial charge on any atom is -0.507 e.